The number of nitro benzene ring substituents is 1. The number of hydrogen-bond acceptors (Lipinski definition) is 6. The van der Waals surface area contributed by atoms with Gasteiger partial charge < -0.3 is 0 Å². The molecule has 0 spiro atoms. The van der Waals surface area contributed by atoms with Crippen LogP contribution in [-0.2, 0) is 10.5 Å². The van der Waals surface area contributed by atoms with Crippen molar-refractivity contribution in [3.05, 3.63) is 69.8 Å². The van der Waals surface area contributed by atoms with Gasteiger partial charge in [-0.15, -0.1) is 11.8 Å². The SMILES string of the molecule is NN(C(=O)c1ccc([N+](=O)[O-])cc1SCc1ccccc1)C(=O)C(F)F. The number of nitrogens with two attached hydrogens (primary N) is 1. The Morgan fingerprint density at radius 3 is 2.42 bits per heavy atom. The van der Waals surface area contributed by atoms with Gasteiger partial charge in [0.25, 0.3) is 11.6 Å². The third kappa shape index (κ3) is 4.61. The molecule has 0 radical (unpaired) electrons. The van der Waals surface area contributed by atoms with Crippen LogP contribution in [0.1, 0.15) is 15.9 Å². The molecule has 0 bridgehead atoms. The highest BCUT2D eigenvalue weighted by Crippen LogP contribution is 2.30. The van der Waals surface area contributed by atoms with Crippen molar-refractivity contribution in [3.63, 3.8) is 0 Å². The molecule has 0 saturated heterocycles. The molecule has 2 aromatic rings. The average Bonchev–Trinajstić information content (AvgIpc) is 2.65. The summed E-state index contributed by atoms with van der Waals surface area (Å²) in [6.45, 7) is 0. The van der Waals surface area contributed by atoms with E-state index in [0.717, 1.165) is 35.5 Å². The largest absolute Gasteiger partial charge is 0.317 e. The number of nitrogens with zero attached hydrogens (tertiary/aromatic N) is 2. The van der Waals surface area contributed by atoms with Crippen molar-refractivity contribution in [3.8, 4) is 0 Å². The molecule has 0 heterocycles. The minimum Gasteiger partial charge on any atom is -0.267 e. The second kappa shape index (κ2) is 8.50. The van der Waals surface area contributed by atoms with E-state index in [4.69, 9.17) is 5.84 Å². The van der Waals surface area contributed by atoms with Gasteiger partial charge in [0.05, 0.1) is 10.5 Å². The molecule has 0 aliphatic carbocycles. The summed E-state index contributed by atoms with van der Waals surface area (Å²) in [4.78, 5) is 34.0. The standard InChI is InChI=1S/C16H13F2N3O4S/c17-14(18)16(23)20(19)15(22)12-7-6-11(21(24)25)8-13(12)26-9-10-4-2-1-3-5-10/h1-8,14H,9,19H2. The minimum absolute atomic E-state index is 0.158. The van der Waals surface area contributed by atoms with Crippen molar-refractivity contribution in [1.29, 1.82) is 0 Å². The summed E-state index contributed by atoms with van der Waals surface area (Å²) in [6.07, 6.45) is -3.44. The quantitative estimate of drug-likeness (QED) is 0.271. The lowest BCUT2D eigenvalue weighted by Crippen LogP contribution is -2.45. The van der Waals surface area contributed by atoms with Crippen LogP contribution in [-0.4, -0.2) is 28.2 Å². The summed E-state index contributed by atoms with van der Waals surface area (Å²) >= 11 is 1.09. The van der Waals surface area contributed by atoms with Crippen LogP contribution in [0.25, 0.3) is 0 Å². The molecular formula is C16H13F2N3O4S. The van der Waals surface area contributed by atoms with E-state index in [-0.39, 0.29) is 21.2 Å². The summed E-state index contributed by atoms with van der Waals surface area (Å²) < 4.78 is 25.0. The Bertz CT molecular complexity index is 833. The number of hydrogen-bond donors (Lipinski definition) is 1. The number of nitro groups is 1. The van der Waals surface area contributed by atoms with Crippen molar-refractivity contribution in [2.75, 3.05) is 0 Å². The number of imide groups is 1. The van der Waals surface area contributed by atoms with E-state index in [1.54, 1.807) is 12.1 Å². The Labute approximate surface area is 150 Å². The first-order chi connectivity index (χ1) is 12.3. The summed E-state index contributed by atoms with van der Waals surface area (Å²) in [5.74, 6) is 2.53. The third-order valence-electron chi connectivity index (χ3n) is 3.29. The molecule has 10 heteroatoms. The fourth-order valence-electron chi connectivity index (χ4n) is 1.99. The zero-order valence-electron chi connectivity index (χ0n) is 13.2. The smallest absolute Gasteiger partial charge is 0.267 e. The van der Waals surface area contributed by atoms with Crippen molar-refractivity contribution in [1.82, 2.24) is 5.01 Å². The molecule has 136 valence electrons. The fraction of sp³-hybridized carbons (Fsp3) is 0.125. The van der Waals surface area contributed by atoms with E-state index in [2.05, 4.69) is 0 Å². The van der Waals surface area contributed by atoms with Gasteiger partial charge in [-0.25, -0.2) is 10.9 Å². The predicted octanol–water partition coefficient (Wildman–Crippen LogP) is 2.99. The molecule has 0 aromatic heterocycles. The topological polar surface area (TPSA) is 107 Å². The van der Waals surface area contributed by atoms with Gasteiger partial charge in [-0.05, 0) is 11.6 Å². The molecule has 2 N–H and O–H groups in total. The van der Waals surface area contributed by atoms with E-state index in [0.29, 0.717) is 5.75 Å². The number of amides is 2. The Morgan fingerprint density at radius 2 is 1.85 bits per heavy atom. The summed E-state index contributed by atoms with van der Waals surface area (Å²) in [6, 6.07) is 12.3. The molecule has 0 atom stereocenters. The van der Waals surface area contributed by atoms with Crippen LogP contribution in [0, 0.1) is 10.1 Å². The van der Waals surface area contributed by atoms with E-state index in [9.17, 15) is 28.5 Å². The number of halogens is 2. The Morgan fingerprint density at radius 1 is 1.19 bits per heavy atom. The molecule has 2 rings (SSSR count). The van der Waals surface area contributed by atoms with Crippen LogP contribution < -0.4 is 5.84 Å². The van der Waals surface area contributed by atoms with Crippen LogP contribution >= 0.6 is 11.8 Å². The predicted molar refractivity (Wildman–Crippen MR) is 90.5 cm³/mol. The van der Waals surface area contributed by atoms with Crippen LogP contribution in [0.4, 0.5) is 14.5 Å². The third-order valence-corrected chi connectivity index (χ3v) is 4.41. The number of carbonyl (C=O) groups excluding carboxylic acids is 2. The van der Waals surface area contributed by atoms with Crippen LogP contribution in [0.5, 0.6) is 0 Å². The zero-order valence-corrected chi connectivity index (χ0v) is 14.0. The van der Waals surface area contributed by atoms with Crippen molar-refractivity contribution in [2.24, 2.45) is 5.84 Å². The number of benzene rings is 2. The van der Waals surface area contributed by atoms with Gasteiger partial charge in [0.1, 0.15) is 0 Å². The molecule has 2 amide bonds. The lowest BCUT2D eigenvalue weighted by Gasteiger charge is -2.16. The highest BCUT2D eigenvalue weighted by atomic mass is 32.2. The van der Waals surface area contributed by atoms with Crippen molar-refractivity contribution >= 4 is 29.3 Å². The molecular weight excluding hydrogens is 368 g/mol. The van der Waals surface area contributed by atoms with E-state index in [1.165, 1.54) is 0 Å². The molecule has 0 saturated carbocycles. The maximum Gasteiger partial charge on any atom is 0.317 e. The highest BCUT2D eigenvalue weighted by molar-refractivity contribution is 7.98. The Hall–Kier alpha value is -2.85. The van der Waals surface area contributed by atoms with Crippen LogP contribution in [0.3, 0.4) is 0 Å². The number of rotatable bonds is 6. The minimum atomic E-state index is -3.44. The molecule has 0 unspecified atom stereocenters. The van der Waals surface area contributed by atoms with Crippen molar-refractivity contribution < 1.29 is 23.3 Å². The normalized spacial score (nSPS) is 10.6. The van der Waals surface area contributed by atoms with Gasteiger partial charge >= 0.3 is 12.3 Å². The number of carbonyl (C=O) groups is 2. The van der Waals surface area contributed by atoms with Crippen molar-refractivity contribution in [2.45, 2.75) is 17.1 Å². The Balaban J connectivity index is 2.33. The second-order valence-corrected chi connectivity index (χ2v) is 6.04. The van der Waals surface area contributed by atoms with Crippen LogP contribution in [0.2, 0.25) is 0 Å². The van der Waals surface area contributed by atoms with E-state index in [1.807, 2.05) is 18.2 Å². The van der Waals surface area contributed by atoms with E-state index >= 15 is 0 Å². The first-order valence-electron chi connectivity index (χ1n) is 7.17. The van der Waals surface area contributed by atoms with E-state index < -0.39 is 23.2 Å². The maximum atomic E-state index is 12.5. The van der Waals surface area contributed by atoms with Crippen LogP contribution in [0.15, 0.2) is 53.4 Å². The lowest BCUT2D eigenvalue weighted by atomic mass is 10.2. The molecule has 7 nitrogen and oxygen atoms in total. The monoisotopic (exact) mass is 381 g/mol. The molecule has 0 aliphatic heterocycles. The molecule has 0 aliphatic rings. The van der Waals surface area contributed by atoms with Gasteiger partial charge in [0.2, 0.25) is 0 Å². The number of thioether (sulfide) groups is 1. The number of hydrazine groups is 1. The number of alkyl halides is 2. The second-order valence-electron chi connectivity index (χ2n) is 5.03. The fourth-order valence-corrected chi connectivity index (χ4v) is 3.02. The maximum absolute atomic E-state index is 12.5. The molecule has 26 heavy (non-hydrogen) atoms. The zero-order chi connectivity index (χ0) is 19.3. The summed E-state index contributed by atoms with van der Waals surface area (Å²) in [7, 11) is 0. The van der Waals surface area contributed by atoms with Gasteiger partial charge in [-0.3, -0.25) is 19.7 Å². The Kier molecular flexibility index (Phi) is 6.36. The molecule has 0 fully saturated rings. The van der Waals surface area contributed by atoms with Gasteiger partial charge in [-0.1, -0.05) is 30.3 Å². The van der Waals surface area contributed by atoms with Gasteiger partial charge in [0, 0.05) is 22.8 Å². The first-order valence-corrected chi connectivity index (χ1v) is 8.16. The lowest BCUT2D eigenvalue weighted by molar-refractivity contribution is -0.385. The summed E-state index contributed by atoms with van der Waals surface area (Å²) in [5, 5.41) is 10.8. The highest BCUT2D eigenvalue weighted by Gasteiger charge is 2.29. The number of non-ortho nitro benzene ring substituents is 1. The summed E-state index contributed by atoms with van der Waals surface area (Å²) in [5.41, 5.74) is 0.435. The molecule has 2 aromatic carbocycles. The van der Waals surface area contributed by atoms with Gasteiger partial charge in [0.15, 0.2) is 0 Å². The van der Waals surface area contributed by atoms with Gasteiger partial charge in [-0.2, -0.15) is 8.78 Å². The average molecular weight is 381 g/mol. The first kappa shape index (κ1) is 19.5.